The smallest absolute Gasteiger partial charge is 0.330 e. The highest BCUT2D eigenvalue weighted by Gasteiger charge is 2.31. The molecule has 0 unspecified atom stereocenters. The van der Waals surface area contributed by atoms with Crippen molar-refractivity contribution in [3.63, 3.8) is 0 Å². The lowest BCUT2D eigenvalue weighted by atomic mass is 9.68. The molecule has 4 rings (SSSR count). The second-order valence-corrected chi connectivity index (χ2v) is 15.0. The Labute approximate surface area is 272 Å². The van der Waals surface area contributed by atoms with E-state index in [1.807, 2.05) is 13.8 Å². The van der Waals surface area contributed by atoms with E-state index in [9.17, 15) is 9.59 Å². The summed E-state index contributed by atoms with van der Waals surface area (Å²) >= 11 is 0. The van der Waals surface area contributed by atoms with Gasteiger partial charge in [-0.1, -0.05) is 84.1 Å². The van der Waals surface area contributed by atoms with Crippen LogP contribution in [0.2, 0.25) is 0 Å². The van der Waals surface area contributed by atoms with Crippen LogP contribution in [-0.4, -0.2) is 25.2 Å². The van der Waals surface area contributed by atoms with Gasteiger partial charge in [-0.05, 0) is 132 Å². The first kappa shape index (κ1) is 37.1. The molecule has 0 aromatic carbocycles. The van der Waals surface area contributed by atoms with Crippen molar-refractivity contribution in [1.82, 2.24) is 0 Å². The van der Waals surface area contributed by atoms with Crippen LogP contribution in [0.25, 0.3) is 0 Å². The molecular formula is C40H70O4. The molecule has 0 N–H and O–H groups in total. The lowest BCUT2D eigenvalue weighted by Crippen LogP contribution is -2.26. The van der Waals surface area contributed by atoms with Gasteiger partial charge >= 0.3 is 11.9 Å². The minimum atomic E-state index is -0.182. The summed E-state index contributed by atoms with van der Waals surface area (Å²) in [6, 6.07) is 0. The maximum atomic E-state index is 11.5. The van der Waals surface area contributed by atoms with Crippen molar-refractivity contribution >= 4 is 11.9 Å². The Morgan fingerprint density at radius 2 is 0.909 bits per heavy atom. The zero-order valence-electron chi connectivity index (χ0n) is 29.4. The van der Waals surface area contributed by atoms with Crippen molar-refractivity contribution in [2.75, 3.05) is 13.2 Å². The summed E-state index contributed by atoms with van der Waals surface area (Å²) < 4.78 is 9.99. The van der Waals surface area contributed by atoms with E-state index in [1.54, 1.807) is 6.08 Å². The van der Waals surface area contributed by atoms with Gasteiger partial charge in [0.15, 0.2) is 0 Å². The van der Waals surface area contributed by atoms with Gasteiger partial charge in [0, 0.05) is 12.5 Å². The van der Waals surface area contributed by atoms with Crippen molar-refractivity contribution in [2.24, 2.45) is 47.3 Å². The fourth-order valence-electron chi connectivity index (χ4n) is 9.43. The molecule has 254 valence electrons. The molecular weight excluding hydrogens is 544 g/mol. The summed E-state index contributed by atoms with van der Waals surface area (Å²) in [6.45, 7) is 9.37. The fraction of sp³-hybridized carbons (Fsp3) is 0.900. The number of rotatable bonds is 13. The minimum Gasteiger partial charge on any atom is -0.466 e. The number of ether oxygens (including phenoxy) is 2. The summed E-state index contributed by atoms with van der Waals surface area (Å²) in [5, 5.41) is 0. The molecule has 0 aromatic heterocycles. The minimum absolute atomic E-state index is 0.00105. The second-order valence-electron chi connectivity index (χ2n) is 15.0. The van der Waals surface area contributed by atoms with Crippen LogP contribution in [0, 0.1) is 47.3 Å². The van der Waals surface area contributed by atoms with E-state index < -0.39 is 0 Å². The van der Waals surface area contributed by atoms with Crippen LogP contribution < -0.4 is 0 Å². The van der Waals surface area contributed by atoms with Gasteiger partial charge in [-0.3, -0.25) is 4.79 Å². The van der Waals surface area contributed by atoms with E-state index in [4.69, 9.17) is 9.47 Å². The summed E-state index contributed by atoms with van der Waals surface area (Å²) in [5.41, 5.74) is 0. The maximum absolute atomic E-state index is 11.5. The van der Waals surface area contributed by atoms with E-state index in [-0.39, 0.29) is 11.9 Å². The van der Waals surface area contributed by atoms with E-state index in [2.05, 4.69) is 19.9 Å². The fourth-order valence-corrected chi connectivity index (χ4v) is 9.43. The quantitative estimate of drug-likeness (QED) is 0.153. The van der Waals surface area contributed by atoms with E-state index >= 15 is 0 Å². The van der Waals surface area contributed by atoms with Gasteiger partial charge in [0.2, 0.25) is 0 Å². The molecule has 4 saturated carbocycles. The molecule has 4 nitrogen and oxygen atoms in total. The maximum Gasteiger partial charge on any atom is 0.330 e. The average Bonchev–Trinajstić information content (AvgIpc) is 3.05. The molecule has 0 bridgehead atoms. The Kier molecular flexibility index (Phi) is 18.1. The standard InChI is InChI=1S/C20H36O2.C20H34O2/c2*1-3-5-16-6-11-18(12-7-16)19-13-8-17(9-14-19)10-15-20(21)22-4-2/h16-19H,3-15H2,1-2H3;10,15-19H,3-9,11-14H2,1-2H3/b;15-10+. The number of allylic oxidation sites excluding steroid dienone is 1. The second kappa shape index (κ2) is 21.5. The highest BCUT2D eigenvalue weighted by Crippen LogP contribution is 2.44. The van der Waals surface area contributed by atoms with Crippen LogP contribution in [-0.2, 0) is 19.1 Å². The molecule has 4 fully saturated rings. The molecule has 4 aliphatic carbocycles. The van der Waals surface area contributed by atoms with Crippen molar-refractivity contribution in [3.05, 3.63) is 12.2 Å². The third-order valence-electron chi connectivity index (χ3n) is 12.1. The molecule has 0 atom stereocenters. The summed E-state index contributed by atoms with van der Waals surface area (Å²) in [4.78, 5) is 22.8. The van der Waals surface area contributed by atoms with Crippen LogP contribution in [0.5, 0.6) is 0 Å². The van der Waals surface area contributed by atoms with Gasteiger partial charge in [0.05, 0.1) is 13.2 Å². The Hall–Kier alpha value is -1.32. The van der Waals surface area contributed by atoms with E-state index in [1.165, 1.54) is 128 Å². The van der Waals surface area contributed by atoms with Gasteiger partial charge in [-0.25, -0.2) is 4.79 Å². The number of hydrogen-bond acceptors (Lipinski definition) is 4. The molecule has 44 heavy (non-hydrogen) atoms. The molecule has 0 aromatic rings. The van der Waals surface area contributed by atoms with Crippen LogP contribution in [0.4, 0.5) is 0 Å². The topological polar surface area (TPSA) is 52.6 Å². The van der Waals surface area contributed by atoms with Crippen molar-refractivity contribution in [1.29, 1.82) is 0 Å². The first-order valence-corrected chi connectivity index (χ1v) is 19.5. The van der Waals surface area contributed by atoms with Gasteiger partial charge in [-0.2, -0.15) is 0 Å². The molecule has 4 heteroatoms. The Balaban J connectivity index is 0.000000240. The molecule has 0 spiro atoms. The molecule has 0 amide bonds. The average molecular weight is 615 g/mol. The summed E-state index contributed by atoms with van der Waals surface area (Å²) in [5.74, 6) is 7.18. The number of hydrogen-bond donors (Lipinski definition) is 0. The molecule has 0 aliphatic heterocycles. The third-order valence-corrected chi connectivity index (χ3v) is 12.1. The molecule has 4 aliphatic rings. The van der Waals surface area contributed by atoms with E-state index in [0.717, 1.165) is 47.8 Å². The van der Waals surface area contributed by atoms with Crippen molar-refractivity contribution < 1.29 is 19.1 Å². The van der Waals surface area contributed by atoms with Crippen LogP contribution in [0.1, 0.15) is 169 Å². The Morgan fingerprint density at radius 1 is 0.523 bits per heavy atom. The van der Waals surface area contributed by atoms with Crippen LogP contribution >= 0.6 is 0 Å². The van der Waals surface area contributed by atoms with Crippen LogP contribution in [0.3, 0.4) is 0 Å². The van der Waals surface area contributed by atoms with Gasteiger partial charge in [0.25, 0.3) is 0 Å². The predicted molar refractivity (Wildman–Crippen MR) is 183 cm³/mol. The highest BCUT2D eigenvalue weighted by atomic mass is 16.5. The van der Waals surface area contributed by atoms with Crippen molar-refractivity contribution in [3.8, 4) is 0 Å². The summed E-state index contributed by atoms with van der Waals surface area (Å²) in [7, 11) is 0. The molecule has 0 saturated heterocycles. The van der Waals surface area contributed by atoms with Gasteiger partial charge in [-0.15, -0.1) is 0 Å². The van der Waals surface area contributed by atoms with Gasteiger partial charge in [0.1, 0.15) is 0 Å². The SMILES string of the molecule is CCCC1CCC(C2CCC(/C=C/C(=O)OCC)CC2)CC1.CCCC1CCC(C2CCC(CCC(=O)OCC)CC2)CC1. The summed E-state index contributed by atoms with van der Waals surface area (Å²) in [6.07, 6.45) is 33.6. The first-order chi connectivity index (χ1) is 21.4. The molecule has 0 radical (unpaired) electrons. The lowest BCUT2D eigenvalue weighted by Gasteiger charge is -2.38. The predicted octanol–water partition coefficient (Wildman–Crippen LogP) is 11.3. The van der Waals surface area contributed by atoms with Crippen LogP contribution in [0.15, 0.2) is 12.2 Å². The molecule has 0 heterocycles. The largest absolute Gasteiger partial charge is 0.466 e. The monoisotopic (exact) mass is 615 g/mol. The first-order valence-electron chi connectivity index (χ1n) is 19.5. The lowest BCUT2D eigenvalue weighted by molar-refractivity contribution is -0.143. The Morgan fingerprint density at radius 3 is 1.30 bits per heavy atom. The third kappa shape index (κ3) is 13.6. The number of esters is 2. The van der Waals surface area contributed by atoms with E-state index in [0.29, 0.717) is 25.6 Å². The number of carbonyl (C=O) groups is 2. The van der Waals surface area contributed by atoms with Gasteiger partial charge < -0.3 is 9.47 Å². The normalized spacial score (nSPS) is 32.8. The van der Waals surface area contributed by atoms with Crippen molar-refractivity contribution in [2.45, 2.75) is 169 Å². The highest BCUT2D eigenvalue weighted by molar-refractivity contribution is 5.81. The zero-order chi connectivity index (χ0) is 31.6. The number of carbonyl (C=O) groups excluding carboxylic acids is 2. The Bertz CT molecular complexity index is 788. The zero-order valence-corrected chi connectivity index (χ0v) is 29.4.